The largest absolute Gasteiger partial charge is 0.493 e. The summed E-state index contributed by atoms with van der Waals surface area (Å²) in [6.45, 7) is 5.05. The number of esters is 1. The summed E-state index contributed by atoms with van der Waals surface area (Å²) in [7, 11) is 1.44. The average molecular weight is 577 g/mol. The van der Waals surface area contributed by atoms with E-state index < -0.39 is 29.6 Å². The van der Waals surface area contributed by atoms with Crippen molar-refractivity contribution in [3.63, 3.8) is 0 Å². The normalized spacial score (nSPS) is 14.2. The lowest BCUT2D eigenvalue weighted by molar-refractivity contribution is -0.145. The van der Waals surface area contributed by atoms with Gasteiger partial charge in [-0.05, 0) is 83.9 Å². The Hall–Kier alpha value is -3.31. The fourth-order valence-electron chi connectivity index (χ4n) is 3.37. The molecule has 1 saturated heterocycles. The van der Waals surface area contributed by atoms with Crippen molar-refractivity contribution in [2.75, 3.05) is 32.2 Å². The van der Waals surface area contributed by atoms with Gasteiger partial charge in [0.05, 0.1) is 23.1 Å². The molecule has 0 bridgehead atoms. The van der Waals surface area contributed by atoms with Gasteiger partial charge in [0.25, 0.3) is 11.1 Å². The lowest BCUT2D eigenvalue weighted by Crippen LogP contribution is -2.36. The number of nitrogens with zero attached hydrogens (tertiary/aromatic N) is 1. The molecular formula is C25H25BrN2O7S. The molecule has 1 fully saturated rings. The molecule has 3 amide bonds. The molecule has 11 heteroatoms. The first-order valence-corrected chi connectivity index (χ1v) is 12.5. The number of nitrogens with one attached hydrogen (secondary N) is 1. The number of halogens is 1. The fraction of sp³-hybridized carbons (Fsp3) is 0.280. The summed E-state index contributed by atoms with van der Waals surface area (Å²) >= 11 is 4.13. The SMILES string of the molecule is CCOC(=O)COc1c(Br)cc(/C=C2\SC(=O)N(CC(=O)Nc3ccc(C)cc3C)C2=O)cc1OC. The topological polar surface area (TPSA) is 111 Å². The Balaban J connectivity index is 1.73. The van der Waals surface area contributed by atoms with Crippen LogP contribution in [0.2, 0.25) is 0 Å². The van der Waals surface area contributed by atoms with Gasteiger partial charge in [0.1, 0.15) is 6.54 Å². The number of hydrogen-bond donors (Lipinski definition) is 1. The highest BCUT2D eigenvalue weighted by Crippen LogP contribution is 2.39. The van der Waals surface area contributed by atoms with Gasteiger partial charge in [-0.15, -0.1) is 0 Å². The smallest absolute Gasteiger partial charge is 0.344 e. The zero-order chi connectivity index (χ0) is 26.4. The second kappa shape index (κ2) is 12.1. The summed E-state index contributed by atoms with van der Waals surface area (Å²) in [5.41, 5.74) is 3.11. The molecule has 0 aromatic heterocycles. The van der Waals surface area contributed by atoms with Crippen molar-refractivity contribution in [3.8, 4) is 11.5 Å². The van der Waals surface area contributed by atoms with Crippen molar-refractivity contribution < 1.29 is 33.4 Å². The molecule has 9 nitrogen and oxygen atoms in total. The zero-order valence-corrected chi connectivity index (χ0v) is 22.6. The number of thioether (sulfide) groups is 1. The Bertz CT molecular complexity index is 1250. The number of aryl methyl sites for hydroxylation is 2. The third kappa shape index (κ3) is 6.67. The number of carbonyl (C=O) groups is 4. The predicted molar refractivity (Wildman–Crippen MR) is 140 cm³/mol. The molecule has 1 heterocycles. The van der Waals surface area contributed by atoms with Crippen LogP contribution in [0, 0.1) is 13.8 Å². The molecule has 0 aliphatic carbocycles. The number of amides is 3. The summed E-state index contributed by atoms with van der Waals surface area (Å²) < 4.78 is 16.2. The summed E-state index contributed by atoms with van der Waals surface area (Å²) in [6.07, 6.45) is 1.52. The third-order valence-electron chi connectivity index (χ3n) is 5.02. The Morgan fingerprint density at radius 1 is 1.17 bits per heavy atom. The van der Waals surface area contributed by atoms with E-state index in [1.807, 2.05) is 26.0 Å². The molecule has 190 valence electrons. The van der Waals surface area contributed by atoms with Gasteiger partial charge in [0.15, 0.2) is 18.1 Å². The van der Waals surface area contributed by atoms with E-state index in [0.717, 1.165) is 27.8 Å². The molecule has 1 aliphatic rings. The van der Waals surface area contributed by atoms with Crippen molar-refractivity contribution in [1.82, 2.24) is 4.90 Å². The summed E-state index contributed by atoms with van der Waals surface area (Å²) in [5.74, 6) is -0.965. The van der Waals surface area contributed by atoms with Crippen LogP contribution in [0.1, 0.15) is 23.6 Å². The number of benzene rings is 2. The van der Waals surface area contributed by atoms with Crippen LogP contribution in [-0.4, -0.2) is 54.8 Å². The molecule has 0 radical (unpaired) electrons. The van der Waals surface area contributed by atoms with Gasteiger partial charge in [-0.3, -0.25) is 19.3 Å². The Morgan fingerprint density at radius 2 is 1.92 bits per heavy atom. The van der Waals surface area contributed by atoms with Crippen LogP contribution < -0.4 is 14.8 Å². The highest BCUT2D eigenvalue weighted by atomic mass is 79.9. The Labute approximate surface area is 221 Å². The Morgan fingerprint density at radius 3 is 2.58 bits per heavy atom. The number of methoxy groups -OCH3 is 1. The maximum absolute atomic E-state index is 12.9. The minimum absolute atomic E-state index is 0.161. The molecular weight excluding hydrogens is 552 g/mol. The fourth-order valence-corrected chi connectivity index (χ4v) is 4.78. The maximum atomic E-state index is 12.9. The highest BCUT2D eigenvalue weighted by molar-refractivity contribution is 9.10. The number of rotatable bonds is 9. The van der Waals surface area contributed by atoms with Crippen LogP contribution in [0.5, 0.6) is 11.5 Å². The van der Waals surface area contributed by atoms with Crippen molar-refractivity contribution in [2.45, 2.75) is 20.8 Å². The summed E-state index contributed by atoms with van der Waals surface area (Å²) in [6, 6.07) is 8.83. The van der Waals surface area contributed by atoms with Crippen molar-refractivity contribution >= 4 is 62.5 Å². The van der Waals surface area contributed by atoms with Gasteiger partial charge in [-0.1, -0.05) is 17.7 Å². The first-order valence-electron chi connectivity index (χ1n) is 10.9. The van der Waals surface area contributed by atoms with Gasteiger partial charge in [-0.2, -0.15) is 0 Å². The summed E-state index contributed by atoms with van der Waals surface area (Å²) in [5, 5.41) is 2.20. The van der Waals surface area contributed by atoms with Gasteiger partial charge in [0, 0.05) is 5.69 Å². The molecule has 1 N–H and O–H groups in total. The van der Waals surface area contributed by atoms with E-state index in [0.29, 0.717) is 27.2 Å². The van der Waals surface area contributed by atoms with Crippen LogP contribution in [0.15, 0.2) is 39.7 Å². The molecule has 0 unspecified atom stereocenters. The second-order valence-electron chi connectivity index (χ2n) is 7.76. The third-order valence-corrected chi connectivity index (χ3v) is 6.52. The molecule has 0 saturated carbocycles. The number of imide groups is 1. The number of carbonyl (C=O) groups excluding carboxylic acids is 4. The van der Waals surface area contributed by atoms with E-state index in [-0.39, 0.29) is 18.1 Å². The van der Waals surface area contributed by atoms with Crippen molar-refractivity contribution in [2.24, 2.45) is 0 Å². The van der Waals surface area contributed by atoms with Crippen LogP contribution in [-0.2, 0) is 19.1 Å². The lowest BCUT2D eigenvalue weighted by atomic mass is 10.1. The van der Waals surface area contributed by atoms with Crippen LogP contribution in [0.4, 0.5) is 10.5 Å². The average Bonchev–Trinajstić information content (AvgIpc) is 3.07. The monoisotopic (exact) mass is 576 g/mol. The van der Waals surface area contributed by atoms with E-state index in [1.54, 1.807) is 25.1 Å². The molecule has 36 heavy (non-hydrogen) atoms. The van der Waals surface area contributed by atoms with Gasteiger partial charge >= 0.3 is 5.97 Å². The Kier molecular flexibility index (Phi) is 9.16. The molecule has 1 aliphatic heterocycles. The van der Waals surface area contributed by atoms with E-state index in [4.69, 9.17) is 14.2 Å². The van der Waals surface area contributed by atoms with Crippen molar-refractivity contribution in [1.29, 1.82) is 0 Å². The molecule has 0 spiro atoms. The van der Waals surface area contributed by atoms with Crippen LogP contribution in [0.25, 0.3) is 6.08 Å². The molecule has 2 aromatic rings. The van der Waals surface area contributed by atoms with E-state index in [1.165, 1.54) is 13.2 Å². The van der Waals surface area contributed by atoms with Crippen LogP contribution in [0.3, 0.4) is 0 Å². The van der Waals surface area contributed by atoms with Gasteiger partial charge in [0.2, 0.25) is 5.91 Å². The van der Waals surface area contributed by atoms with E-state index >= 15 is 0 Å². The van der Waals surface area contributed by atoms with Crippen molar-refractivity contribution in [3.05, 3.63) is 56.4 Å². The second-order valence-corrected chi connectivity index (χ2v) is 9.61. The lowest BCUT2D eigenvalue weighted by Gasteiger charge is -2.14. The van der Waals surface area contributed by atoms with E-state index in [2.05, 4.69) is 21.2 Å². The molecule has 0 atom stereocenters. The first-order chi connectivity index (χ1) is 17.1. The minimum Gasteiger partial charge on any atom is -0.493 e. The maximum Gasteiger partial charge on any atom is 0.344 e. The number of anilines is 1. The van der Waals surface area contributed by atoms with Crippen LogP contribution >= 0.6 is 27.7 Å². The van der Waals surface area contributed by atoms with Gasteiger partial charge < -0.3 is 19.5 Å². The number of ether oxygens (including phenoxy) is 3. The zero-order valence-electron chi connectivity index (χ0n) is 20.2. The first kappa shape index (κ1) is 27.3. The number of hydrogen-bond acceptors (Lipinski definition) is 8. The summed E-state index contributed by atoms with van der Waals surface area (Å²) in [4.78, 5) is 50.6. The highest BCUT2D eigenvalue weighted by Gasteiger charge is 2.36. The molecule has 3 rings (SSSR count). The predicted octanol–water partition coefficient (Wildman–Crippen LogP) is 4.69. The van der Waals surface area contributed by atoms with E-state index in [9.17, 15) is 19.2 Å². The quantitative estimate of drug-likeness (QED) is 0.338. The molecule has 2 aromatic carbocycles. The van der Waals surface area contributed by atoms with Gasteiger partial charge in [-0.25, -0.2) is 4.79 Å². The minimum atomic E-state index is -0.571. The standard InChI is InChI=1S/C25H25BrN2O7S/c1-5-34-22(30)13-35-23-17(26)9-16(10-19(23)33-4)11-20-24(31)28(25(32)36-20)12-21(29)27-18-7-6-14(2)8-15(18)3/h6-11H,5,12-13H2,1-4H3,(H,27,29)/b20-11-.